The second kappa shape index (κ2) is 13.5. The summed E-state index contributed by atoms with van der Waals surface area (Å²) in [6.07, 6.45) is 0. The highest BCUT2D eigenvalue weighted by molar-refractivity contribution is 9.10. The van der Waals surface area contributed by atoms with Crippen molar-refractivity contribution < 1.29 is 0 Å². The van der Waals surface area contributed by atoms with Crippen LogP contribution in [0.15, 0.2) is 142 Å². The molecule has 0 aliphatic heterocycles. The predicted molar refractivity (Wildman–Crippen MR) is 210 cm³/mol. The van der Waals surface area contributed by atoms with Crippen LogP contribution in [0.25, 0.3) is 11.1 Å². The van der Waals surface area contributed by atoms with Gasteiger partial charge in [0.05, 0.1) is 0 Å². The van der Waals surface area contributed by atoms with E-state index in [0.29, 0.717) is 0 Å². The molecule has 0 spiro atoms. The molecular formula is C43H40Br2N2. The van der Waals surface area contributed by atoms with E-state index in [4.69, 9.17) is 0 Å². The Morgan fingerprint density at radius 1 is 0.404 bits per heavy atom. The molecule has 0 saturated carbocycles. The third kappa shape index (κ3) is 6.42. The van der Waals surface area contributed by atoms with Crippen molar-refractivity contribution in [2.45, 2.75) is 47.0 Å². The van der Waals surface area contributed by atoms with Crippen molar-refractivity contribution >= 4 is 66.0 Å². The summed E-state index contributed by atoms with van der Waals surface area (Å²) in [5.74, 6) is 0. The van der Waals surface area contributed by atoms with Crippen LogP contribution in [-0.4, -0.2) is 0 Å². The molecule has 2 nitrogen and oxygen atoms in total. The fraction of sp³-hybridized carbons (Fsp3) is 0.163. The van der Waals surface area contributed by atoms with E-state index in [2.05, 4.69) is 203 Å². The molecule has 7 rings (SSSR count). The van der Waals surface area contributed by atoms with Gasteiger partial charge >= 0.3 is 0 Å². The topological polar surface area (TPSA) is 6.48 Å². The third-order valence-electron chi connectivity index (χ3n) is 8.91. The lowest BCUT2D eigenvalue weighted by Crippen LogP contribution is -2.16. The lowest BCUT2D eigenvalue weighted by Gasteiger charge is -2.27. The second-order valence-corrected chi connectivity index (χ2v) is 14.2. The van der Waals surface area contributed by atoms with E-state index in [1.807, 2.05) is 13.8 Å². The van der Waals surface area contributed by atoms with Gasteiger partial charge in [0.2, 0.25) is 0 Å². The summed E-state index contributed by atoms with van der Waals surface area (Å²) < 4.78 is 2.13. The molecule has 0 N–H and O–H groups in total. The van der Waals surface area contributed by atoms with E-state index in [9.17, 15) is 0 Å². The van der Waals surface area contributed by atoms with Crippen LogP contribution in [-0.2, 0) is 5.41 Å². The molecule has 1 aliphatic carbocycles. The van der Waals surface area contributed by atoms with Gasteiger partial charge in [0, 0.05) is 48.5 Å². The van der Waals surface area contributed by atoms with Gasteiger partial charge in [0.25, 0.3) is 0 Å². The normalized spacial score (nSPS) is 12.4. The van der Waals surface area contributed by atoms with Gasteiger partial charge in [-0.05, 0) is 133 Å². The molecular weight excluding hydrogens is 704 g/mol. The van der Waals surface area contributed by atoms with Crippen LogP contribution in [0.2, 0.25) is 0 Å². The summed E-state index contributed by atoms with van der Waals surface area (Å²) in [7, 11) is 0. The van der Waals surface area contributed by atoms with E-state index in [1.54, 1.807) is 0 Å². The zero-order valence-electron chi connectivity index (χ0n) is 27.9. The van der Waals surface area contributed by atoms with Gasteiger partial charge < -0.3 is 9.80 Å². The SMILES string of the molecule is CC.Cc1ccc(N(c2ccc(Br)cc2)c2ccc3c(c2)-c2cc(N(c4ccc(C)cc4)c4ccc(Br)cc4)ccc2C3(C)C)cc1. The highest BCUT2D eigenvalue weighted by atomic mass is 79.9. The third-order valence-corrected chi connectivity index (χ3v) is 9.97. The molecule has 1 aliphatic rings. The minimum atomic E-state index is -0.111. The number of rotatable bonds is 6. The minimum absolute atomic E-state index is 0.111. The van der Waals surface area contributed by atoms with Crippen molar-refractivity contribution in [3.8, 4) is 11.1 Å². The number of anilines is 6. The van der Waals surface area contributed by atoms with Crippen molar-refractivity contribution in [2.24, 2.45) is 0 Å². The standard InChI is InChI=1S/C41H34Br2N2.C2H6/c1-27-5-13-31(14-6-27)44(33-17-9-29(42)10-18-33)35-21-23-39-37(25-35)38-26-36(22-24-40(38)41(39,3)4)45(32-15-7-28(2)8-16-32)34-19-11-30(43)12-20-34;1-2/h5-26H,1-4H3;1-2H3. The Morgan fingerprint density at radius 3 is 1.00 bits per heavy atom. The van der Waals surface area contributed by atoms with E-state index in [1.165, 1.54) is 33.4 Å². The molecule has 236 valence electrons. The van der Waals surface area contributed by atoms with Gasteiger partial charge in [-0.3, -0.25) is 0 Å². The molecule has 0 unspecified atom stereocenters. The van der Waals surface area contributed by atoms with Crippen LogP contribution in [0.3, 0.4) is 0 Å². The van der Waals surface area contributed by atoms with Crippen molar-refractivity contribution in [1.29, 1.82) is 0 Å². The average molecular weight is 745 g/mol. The Hall–Kier alpha value is -4.12. The summed E-state index contributed by atoms with van der Waals surface area (Å²) in [6.45, 7) is 13.0. The summed E-state index contributed by atoms with van der Waals surface area (Å²) in [6, 6.07) is 48.6. The fourth-order valence-electron chi connectivity index (χ4n) is 6.49. The van der Waals surface area contributed by atoms with Crippen molar-refractivity contribution in [2.75, 3.05) is 9.80 Å². The van der Waals surface area contributed by atoms with Gasteiger partial charge in [-0.25, -0.2) is 0 Å². The number of fused-ring (bicyclic) bond motifs is 3. The first kappa shape index (κ1) is 32.8. The Bertz CT molecular complexity index is 1760. The quantitative estimate of drug-likeness (QED) is 0.168. The van der Waals surface area contributed by atoms with Crippen LogP contribution >= 0.6 is 31.9 Å². The van der Waals surface area contributed by atoms with E-state index in [0.717, 1.165) is 43.1 Å². The first-order valence-electron chi connectivity index (χ1n) is 16.2. The molecule has 6 aromatic carbocycles. The first-order chi connectivity index (χ1) is 22.7. The van der Waals surface area contributed by atoms with Gasteiger partial charge in [0.1, 0.15) is 0 Å². The van der Waals surface area contributed by atoms with Gasteiger partial charge in [-0.15, -0.1) is 0 Å². The molecule has 0 aromatic heterocycles. The molecule has 0 atom stereocenters. The highest BCUT2D eigenvalue weighted by Gasteiger charge is 2.36. The Kier molecular flexibility index (Phi) is 9.46. The zero-order valence-corrected chi connectivity index (χ0v) is 31.0. The summed E-state index contributed by atoms with van der Waals surface area (Å²) in [4.78, 5) is 4.70. The highest BCUT2D eigenvalue weighted by Crippen LogP contribution is 2.52. The molecule has 4 heteroatoms. The number of hydrogen-bond donors (Lipinski definition) is 0. The molecule has 0 bridgehead atoms. The summed E-state index contributed by atoms with van der Waals surface area (Å²) in [5, 5.41) is 0. The van der Waals surface area contributed by atoms with Crippen LogP contribution in [0.1, 0.15) is 49.9 Å². The fourth-order valence-corrected chi connectivity index (χ4v) is 7.01. The number of nitrogens with zero attached hydrogens (tertiary/aromatic N) is 2. The van der Waals surface area contributed by atoms with E-state index >= 15 is 0 Å². The van der Waals surface area contributed by atoms with Crippen molar-refractivity contribution in [1.82, 2.24) is 0 Å². The summed E-state index contributed by atoms with van der Waals surface area (Å²) >= 11 is 7.24. The Balaban J connectivity index is 0.00000190. The van der Waals surface area contributed by atoms with Gasteiger partial charge in [0.15, 0.2) is 0 Å². The maximum Gasteiger partial charge on any atom is 0.0468 e. The minimum Gasteiger partial charge on any atom is -0.310 e. The monoisotopic (exact) mass is 742 g/mol. The molecule has 47 heavy (non-hydrogen) atoms. The van der Waals surface area contributed by atoms with E-state index < -0.39 is 0 Å². The Labute approximate surface area is 297 Å². The smallest absolute Gasteiger partial charge is 0.0468 e. The molecule has 0 heterocycles. The second-order valence-electron chi connectivity index (χ2n) is 12.4. The van der Waals surface area contributed by atoms with Gasteiger partial charge in [-0.2, -0.15) is 0 Å². The molecule has 0 saturated heterocycles. The molecule has 0 fully saturated rings. The molecule has 0 radical (unpaired) electrons. The lowest BCUT2D eigenvalue weighted by atomic mass is 9.82. The number of halogens is 2. The average Bonchev–Trinajstić information content (AvgIpc) is 3.31. The van der Waals surface area contributed by atoms with Crippen molar-refractivity contribution in [3.63, 3.8) is 0 Å². The van der Waals surface area contributed by atoms with Crippen molar-refractivity contribution in [3.05, 3.63) is 165 Å². The lowest BCUT2D eigenvalue weighted by molar-refractivity contribution is 0.660. The van der Waals surface area contributed by atoms with E-state index in [-0.39, 0.29) is 5.41 Å². The molecule has 0 amide bonds. The zero-order chi connectivity index (χ0) is 33.3. The number of hydrogen-bond acceptors (Lipinski definition) is 2. The number of aryl methyl sites for hydroxylation is 2. The predicted octanol–water partition coefficient (Wildman–Crippen LogP) is 14.1. The van der Waals surface area contributed by atoms with Crippen LogP contribution in [0.5, 0.6) is 0 Å². The maximum atomic E-state index is 3.62. The van der Waals surface area contributed by atoms with Gasteiger partial charge in [-0.1, -0.05) is 107 Å². The van der Waals surface area contributed by atoms with Crippen LogP contribution in [0.4, 0.5) is 34.1 Å². The first-order valence-corrected chi connectivity index (χ1v) is 17.8. The van der Waals surface area contributed by atoms with Crippen LogP contribution < -0.4 is 9.80 Å². The number of benzene rings is 6. The summed E-state index contributed by atoms with van der Waals surface area (Å²) in [5.41, 5.74) is 14.4. The van der Waals surface area contributed by atoms with Crippen LogP contribution in [0, 0.1) is 13.8 Å². The Morgan fingerprint density at radius 2 is 0.681 bits per heavy atom. The molecule has 6 aromatic rings. The maximum absolute atomic E-state index is 3.62. The largest absolute Gasteiger partial charge is 0.310 e.